The van der Waals surface area contributed by atoms with Gasteiger partial charge in [0, 0.05) is 0 Å². The van der Waals surface area contributed by atoms with Gasteiger partial charge in [-0.1, -0.05) is 49.0 Å². The highest BCUT2D eigenvalue weighted by molar-refractivity contribution is 6.34. The van der Waals surface area contributed by atoms with Crippen LogP contribution in [0.25, 0.3) is 23.9 Å². The fraction of sp³-hybridized carbons (Fsp3) is 0. The van der Waals surface area contributed by atoms with E-state index < -0.39 is 0 Å². The van der Waals surface area contributed by atoms with Crippen LogP contribution in [0.3, 0.4) is 0 Å². The van der Waals surface area contributed by atoms with Crippen LogP contribution in [-0.2, 0) is 0 Å². The van der Waals surface area contributed by atoms with Gasteiger partial charge in [0.15, 0.2) is 0 Å². The molecule has 0 aliphatic heterocycles. The van der Waals surface area contributed by atoms with Crippen LogP contribution in [-0.4, -0.2) is 0 Å². The molecule has 2 heteroatoms. The molecule has 0 aliphatic carbocycles. The Labute approximate surface area is 87.1 Å². The van der Waals surface area contributed by atoms with Crippen molar-refractivity contribution in [2.75, 3.05) is 5.73 Å². The zero-order chi connectivity index (χ0) is 10.3. The molecule has 1 nitrogen and oxygen atoms in total. The molecule has 0 bridgehead atoms. The summed E-state index contributed by atoms with van der Waals surface area (Å²) in [6.07, 6.45) is 0. The quantitative estimate of drug-likeness (QED) is 0.651. The fourth-order valence-electron chi connectivity index (χ4n) is 1.57. The minimum absolute atomic E-state index is 0.508. The Morgan fingerprint density at radius 1 is 1.00 bits per heavy atom. The third-order valence-electron chi connectivity index (χ3n) is 2.40. The number of rotatable bonds is 0. The number of hydrogen-bond acceptors (Lipinski definition) is 1. The Bertz CT molecular complexity index is 547. The van der Waals surface area contributed by atoms with Crippen LogP contribution in [0.5, 0.6) is 0 Å². The summed E-state index contributed by atoms with van der Waals surface area (Å²) < 4.78 is 0. The summed E-state index contributed by atoms with van der Waals surface area (Å²) in [5, 5.41) is 4.08. The van der Waals surface area contributed by atoms with E-state index in [1.165, 1.54) is 0 Å². The van der Waals surface area contributed by atoms with Gasteiger partial charge in [0.1, 0.15) is 0 Å². The second kappa shape index (κ2) is 3.03. The molecule has 14 heavy (non-hydrogen) atoms. The second-order valence-electron chi connectivity index (χ2n) is 3.23. The third kappa shape index (κ3) is 1.10. The Morgan fingerprint density at radius 2 is 1.50 bits per heavy atom. The van der Waals surface area contributed by atoms with Crippen molar-refractivity contribution in [3.63, 3.8) is 0 Å². The number of anilines is 1. The summed E-state index contributed by atoms with van der Waals surface area (Å²) >= 11 is 6.03. The normalized spacial score (nSPS) is 10.6. The summed E-state index contributed by atoms with van der Waals surface area (Å²) in [5.74, 6) is 0. The maximum Gasteiger partial charge on any atom is 0.0714 e. The van der Waals surface area contributed by atoms with E-state index in [2.05, 4.69) is 13.2 Å². The van der Waals surface area contributed by atoms with Gasteiger partial charge in [0.2, 0.25) is 0 Å². The van der Waals surface area contributed by atoms with Gasteiger partial charge in [-0.3, -0.25) is 0 Å². The predicted molar refractivity (Wildman–Crippen MR) is 63.7 cm³/mol. The van der Waals surface area contributed by atoms with Crippen molar-refractivity contribution >= 4 is 41.2 Å². The molecule has 0 spiro atoms. The highest BCUT2D eigenvalue weighted by Crippen LogP contribution is 2.14. The number of hydrogen-bond donors (Lipinski definition) is 1. The maximum absolute atomic E-state index is 6.03. The van der Waals surface area contributed by atoms with E-state index in [1.807, 2.05) is 24.3 Å². The average Bonchev–Trinajstić information content (AvgIpc) is 2.23. The van der Waals surface area contributed by atoms with Gasteiger partial charge in [0.25, 0.3) is 0 Å². The van der Waals surface area contributed by atoms with Crippen LogP contribution in [0.1, 0.15) is 0 Å². The van der Waals surface area contributed by atoms with Gasteiger partial charge in [-0.2, -0.15) is 0 Å². The van der Waals surface area contributed by atoms with Crippen LogP contribution in [0.4, 0.5) is 5.69 Å². The molecule has 0 heterocycles. The zero-order valence-electron chi connectivity index (χ0n) is 7.68. The van der Waals surface area contributed by atoms with Gasteiger partial charge in [0.05, 0.1) is 10.7 Å². The Balaban J connectivity index is 3.19. The first-order valence-electron chi connectivity index (χ1n) is 4.26. The molecule has 70 valence electrons. The molecule has 0 radical (unpaired) electrons. The van der Waals surface area contributed by atoms with E-state index in [9.17, 15) is 0 Å². The van der Waals surface area contributed by atoms with Gasteiger partial charge in [-0.05, 0) is 21.2 Å². The molecule has 2 rings (SSSR count). The molecule has 2 aromatic carbocycles. The third-order valence-corrected chi connectivity index (χ3v) is 2.84. The van der Waals surface area contributed by atoms with E-state index in [1.54, 1.807) is 0 Å². The number of halogens is 1. The van der Waals surface area contributed by atoms with E-state index in [0.717, 1.165) is 21.2 Å². The van der Waals surface area contributed by atoms with Gasteiger partial charge < -0.3 is 5.73 Å². The monoisotopic (exact) mass is 203 g/mol. The summed E-state index contributed by atoms with van der Waals surface area (Å²) in [5.41, 5.74) is 6.34. The first kappa shape index (κ1) is 9.10. The fourth-order valence-corrected chi connectivity index (χ4v) is 1.78. The highest BCUT2D eigenvalue weighted by atomic mass is 35.5. The Hall–Kier alpha value is -1.47. The lowest BCUT2D eigenvalue weighted by Gasteiger charge is -2.05. The van der Waals surface area contributed by atoms with Gasteiger partial charge >= 0.3 is 0 Å². The first-order chi connectivity index (χ1) is 6.63. The van der Waals surface area contributed by atoms with Crippen molar-refractivity contribution in [3.8, 4) is 0 Å². The Kier molecular flexibility index (Phi) is 1.97. The predicted octanol–water partition coefficient (Wildman–Crippen LogP) is 1.90. The van der Waals surface area contributed by atoms with Gasteiger partial charge in [-0.15, -0.1) is 0 Å². The smallest absolute Gasteiger partial charge is 0.0714 e. The van der Waals surface area contributed by atoms with Crippen LogP contribution < -0.4 is 16.2 Å². The van der Waals surface area contributed by atoms with Crippen molar-refractivity contribution in [2.24, 2.45) is 0 Å². The van der Waals surface area contributed by atoms with Crippen LogP contribution in [0.15, 0.2) is 24.3 Å². The highest BCUT2D eigenvalue weighted by Gasteiger charge is 2.04. The minimum Gasteiger partial charge on any atom is -0.397 e. The maximum atomic E-state index is 6.03. The number of fused-ring (bicyclic) bond motifs is 1. The molecule has 0 aromatic heterocycles. The van der Waals surface area contributed by atoms with Crippen molar-refractivity contribution < 1.29 is 0 Å². The SMILES string of the molecule is C=c1c(N)c(Cl)c(=C)c2ccccc12. The minimum atomic E-state index is 0.508. The number of benzene rings is 2. The van der Waals surface area contributed by atoms with E-state index >= 15 is 0 Å². The van der Waals surface area contributed by atoms with E-state index in [4.69, 9.17) is 17.3 Å². The lowest BCUT2D eigenvalue weighted by Crippen LogP contribution is -2.16. The molecule has 0 fully saturated rings. The zero-order valence-corrected chi connectivity index (χ0v) is 8.43. The topological polar surface area (TPSA) is 26.0 Å². The van der Waals surface area contributed by atoms with Crippen molar-refractivity contribution in [1.29, 1.82) is 0 Å². The number of nitrogen functional groups attached to an aromatic ring is 1. The average molecular weight is 204 g/mol. The lowest BCUT2D eigenvalue weighted by atomic mass is 10.1. The molecule has 2 N–H and O–H groups in total. The van der Waals surface area contributed by atoms with Gasteiger partial charge in [-0.25, -0.2) is 0 Å². The molecule has 0 aliphatic rings. The molecule has 0 amide bonds. The lowest BCUT2D eigenvalue weighted by molar-refractivity contribution is 1.62. The van der Waals surface area contributed by atoms with E-state index in [0.29, 0.717) is 10.7 Å². The van der Waals surface area contributed by atoms with Crippen LogP contribution in [0, 0.1) is 0 Å². The molecular weight excluding hydrogens is 194 g/mol. The molecule has 2 aromatic rings. The Morgan fingerprint density at radius 3 is 2.07 bits per heavy atom. The molecule has 0 saturated carbocycles. The van der Waals surface area contributed by atoms with Crippen molar-refractivity contribution in [3.05, 3.63) is 39.7 Å². The summed E-state index contributed by atoms with van der Waals surface area (Å²) in [7, 11) is 0. The molecule has 0 unspecified atom stereocenters. The molecular formula is C12H10ClN. The summed E-state index contributed by atoms with van der Waals surface area (Å²) in [6.45, 7) is 7.82. The van der Waals surface area contributed by atoms with Crippen LogP contribution in [0.2, 0.25) is 5.02 Å². The summed E-state index contributed by atoms with van der Waals surface area (Å²) in [6, 6.07) is 7.84. The molecule has 0 saturated heterocycles. The van der Waals surface area contributed by atoms with Crippen molar-refractivity contribution in [1.82, 2.24) is 0 Å². The largest absolute Gasteiger partial charge is 0.397 e. The first-order valence-corrected chi connectivity index (χ1v) is 4.64. The molecule has 0 atom stereocenters. The van der Waals surface area contributed by atoms with Crippen LogP contribution >= 0.6 is 11.6 Å². The summed E-state index contributed by atoms with van der Waals surface area (Å²) in [4.78, 5) is 0. The second-order valence-corrected chi connectivity index (χ2v) is 3.61. The standard InChI is InChI=1S/C12H10ClN/c1-7-9-5-3-4-6-10(9)8(2)12(14)11(7)13/h3-6H,1-2,14H2. The van der Waals surface area contributed by atoms with Crippen molar-refractivity contribution in [2.45, 2.75) is 0 Å². The number of nitrogens with two attached hydrogens (primary N) is 1. The van der Waals surface area contributed by atoms with E-state index in [-0.39, 0.29) is 0 Å².